The van der Waals surface area contributed by atoms with Gasteiger partial charge < -0.3 is 4.90 Å². The third kappa shape index (κ3) is 4.20. The van der Waals surface area contributed by atoms with Crippen LogP contribution in [0.4, 0.5) is 0 Å². The van der Waals surface area contributed by atoms with E-state index >= 15 is 0 Å². The van der Waals surface area contributed by atoms with E-state index in [0.29, 0.717) is 16.5 Å². The molecule has 0 N–H and O–H groups in total. The van der Waals surface area contributed by atoms with Gasteiger partial charge in [-0.3, -0.25) is 9.78 Å². The van der Waals surface area contributed by atoms with Crippen LogP contribution in [-0.4, -0.2) is 28.4 Å². The molecule has 0 aliphatic rings. The SMILES string of the molecule is CCC(CC)N(CC(C)C)C(=O)c1cnccc1Cl. The van der Waals surface area contributed by atoms with Crippen LogP contribution in [0.5, 0.6) is 0 Å². The number of pyridine rings is 1. The molecule has 1 aromatic rings. The van der Waals surface area contributed by atoms with Crippen molar-refractivity contribution in [3.05, 3.63) is 29.0 Å². The molecular weight excluding hydrogens is 260 g/mol. The summed E-state index contributed by atoms with van der Waals surface area (Å²) in [6.45, 7) is 9.21. The number of rotatable bonds is 6. The first-order valence-corrected chi connectivity index (χ1v) is 7.29. The third-order valence-corrected chi connectivity index (χ3v) is 3.53. The Morgan fingerprint density at radius 1 is 1.37 bits per heavy atom. The maximum absolute atomic E-state index is 12.7. The molecular formula is C15H23ClN2O. The number of amides is 1. The number of nitrogens with zero attached hydrogens (tertiary/aromatic N) is 2. The molecule has 0 spiro atoms. The largest absolute Gasteiger partial charge is 0.335 e. The maximum Gasteiger partial charge on any atom is 0.257 e. The zero-order chi connectivity index (χ0) is 14.4. The summed E-state index contributed by atoms with van der Waals surface area (Å²) in [5, 5.41) is 0.472. The first kappa shape index (κ1) is 16.0. The van der Waals surface area contributed by atoms with Gasteiger partial charge in [-0.2, -0.15) is 0 Å². The molecule has 0 saturated carbocycles. The van der Waals surface area contributed by atoms with E-state index in [1.165, 1.54) is 0 Å². The summed E-state index contributed by atoms with van der Waals surface area (Å²) in [5.41, 5.74) is 0.497. The standard InChI is InChI=1S/C15H23ClN2O/c1-5-12(6-2)18(10-11(3)4)15(19)13-9-17-8-7-14(13)16/h7-9,11-12H,5-6,10H2,1-4H3. The number of halogens is 1. The lowest BCUT2D eigenvalue weighted by molar-refractivity contribution is 0.0640. The van der Waals surface area contributed by atoms with Crippen LogP contribution in [0.2, 0.25) is 5.02 Å². The van der Waals surface area contributed by atoms with Crippen LogP contribution in [0.3, 0.4) is 0 Å². The highest BCUT2D eigenvalue weighted by atomic mass is 35.5. The van der Waals surface area contributed by atoms with E-state index in [4.69, 9.17) is 11.6 Å². The van der Waals surface area contributed by atoms with E-state index in [-0.39, 0.29) is 11.9 Å². The molecule has 0 aromatic carbocycles. The molecule has 1 amide bonds. The summed E-state index contributed by atoms with van der Waals surface area (Å²) in [6, 6.07) is 1.92. The average molecular weight is 283 g/mol. The smallest absolute Gasteiger partial charge is 0.257 e. The van der Waals surface area contributed by atoms with Crippen LogP contribution in [0, 0.1) is 5.92 Å². The van der Waals surface area contributed by atoms with Gasteiger partial charge in [0.15, 0.2) is 0 Å². The Hall–Kier alpha value is -1.09. The van der Waals surface area contributed by atoms with E-state index in [2.05, 4.69) is 32.7 Å². The van der Waals surface area contributed by atoms with Crippen LogP contribution >= 0.6 is 11.6 Å². The van der Waals surface area contributed by atoms with Crippen molar-refractivity contribution in [3.8, 4) is 0 Å². The fourth-order valence-corrected chi connectivity index (χ4v) is 2.40. The third-order valence-electron chi connectivity index (χ3n) is 3.20. The molecule has 4 heteroatoms. The number of hydrogen-bond donors (Lipinski definition) is 0. The highest BCUT2D eigenvalue weighted by Gasteiger charge is 2.24. The van der Waals surface area contributed by atoms with Crippen molar-refractivity contribution >= 4 is 17.5 Å². The fourth-order valence-electron chi connectivity index (χ4n) is 2.21. The van der Waals surface area contributed by atoms with Gasteiger partial charge in [0, 0.05) is 25.0 Å². The number of aromatic nitrogens is 1. The van der Waals surface area contributed by atoms with Crippen molar-refractivity contribution in [1.29, 1.82) is 0 Å². The van der Waals surface area contributed by atoms with Gasteiger partial charge >= 0.3 is 0 Å². The minimum atomic E-state index is -0.0134. The number of carbonyl (C=O) groups excluding carboxylic acids is 1. The summed E-state index contributed by atoms with van der Waals surface area (Å²) in [6.07, 6.45) is 5.06. The molecule has 0 radical (unpaired) electrons. The first-order chi connectivity index (χ1) is 9.01. The second kappa shape index (κ2) is 7.49. The summed E-state index contributed by atoms with van der Waals surface area (Å²) in [5.74, 6) is 0.417. The van der Waals surface area contributed by atoms with Gasteiger partial charge in [-0.15, -0.1) is 0 Å². The van der Waals surface area contributed by atoms with E-state index in [9.17, 15) is 4.79 Å². The summed E-state index contributed by atoms with van der Waals surface area (Å²) in [7, 11) is 0. The molecule has 1 aromatic heterocycles. The Morgan fingerprint density at radius 3 is 2.47 bits per heavy atom. The molecule has 0 aliphatic carbocycles. The Kier molecular flexibility index (Phi) is 6.29. The van der Waals surface area contributed by atoms with Gasteiger partial charge in [0.1, 0.15) is 0 Å². The molecule has 0 unspecified atom stereocenters. The zero-order valence-electron chi connectivity index (χ0n) is 12.2. The van der Waals surface area contributed by atoms with Crippen LogP contribution in [0.25, 0.3) is 0 Å². The molecule has 1 heterocycles. The van der Waals surface area contributed by atoms with Crippen molar-refractivity contribution in [3.63, 3.8) is 0 Å². The lowest BCUT2D eigenvalue weighted by Crippen LogP contribution is -2.42. The van der Waals surface area contributed by atoms with Gasteiger partial charge in [-0.05, 0) is 24.8 Å². The Morgan fingerprint density at radius 2 is 2.00 bits per heavy atom. The van der Waals surface area contributed by atoms with Crippen molar-refractivity contribution in [1.82, 2.24) is 9.88 Å². The molecule has 106 valence electrons. The predicted octanol–water partition coefficient (Wildman–Crippen LogP) is 4.02. The van der Waals surface area contributed by atoms with Crippen LogP contribution in [-0.2, 0) is 0 Å². The van der Waals surface area contributed by atoms with E-state index in [1.807, 2.05) is 4.90 Å². The molecule has 0 saturated heterocycles. The quantitative estimate of drug-likeness (QED) is 0.789. The number of carbonyl (C=O) groups is 1. The Balaban J connectivity index is 3.03. The van der Waals surface area contributed by atoms with Crippen molar-refractivity contribution in [2.75, 3.05) is 6.54 Å². The van der Waals surface area contributed by atoms with Gasteiger partial charge in [0.25, 0.3) is 5.91 Å². The van der Waals surface area contributed by atoms with Crippen LogP contribution in [0.15, 0.2) is 18.5 Å². The highest BCUT2D eigenvalue weighted by Crippen LogP contribution is 2.20. The van der Waals surface area contributed by atoms with Gasteiger partial charge in [0.05, 0.1) is 10.6 Å². The zero-order valence-corrected chi connectivity index (χ0v) is 12.9. The minimum Gasteiger partial charge on any atom is -0.335 e. The van der Waals surface area contributed by atoms with Crippen LogP contribution < -0.4 is 0 Å². The highest BCUT2D eigenvalue weighted by molar-refractivity contribution is 6.33. The monoisotopic (exact) mass is 282 g/mol. The lowest BCUT2D eigenvalue weighted by atomic mass is 10.1. The second-order valence-electron chi connectivity index (χ2n) is 5.18. The summed E-state index contributed by atoms with van der Waals surface area (Å²) in [4.78, 5) is 18.6. The van der Waals surface area contributed by atoms with Gasteiger partial charge in [0.2, 0.25) is 0 Å². The molecule has 1 rings (SSSR count). The Labute approximate surface area is 121 Å². The minimum absolute atomic E-state index is 0.0134. The van der Waals surface area contributed by atoms with Crippen LogP contribution in [0.1, 0.15) is 50.9 Å². The number of hydrogen-bond acceptors (Lipinski definition) is 2. The lowest BCUT2D eigenvalue weighted by Gasteiger charge is -2.32. The van der Waals surface area contributed by atoms with E-state index in [1.54, 1.807) is 18.5 Å². The van der Waals surface area contributed by atoms with Crippen molar-refractivity contribution in [2.24, 2.45) is 5.92 Å². The first-order valence-electron chi connectivity index (χ1n) is 6.91. The average Bonchev–Trinajstić information content (AvgIpc) is 2.38. The normalized spacial score (nSPS) is 11.1. The molecule has 19 heavy (non-hydrogen) atoms. The topological polar surface area (TPSA) is 33.2 Å². The van der Waals surface area contributed by atoms with Crippen molar-refractivity contribution < 1.29 is 4.79 Å². The molecule has 3 nitrogen and oxygen atoms in total. The van der Waals surface area contributed by atoms with E-state index in [0.717, 1.165) is 19.4 Å². The molecule has 0 aliphatic heterocycles. The van der Waals surface area contributed by atoms with Gasteiger partial charge in [-0.1, -0.05) is 39.3 Å². The molecule has 0 fully saturated rings. The van der Waals surface area contributed by atoms with E-state index < -0.39 is 0 Å². The predicted molar refractivity (Wildman–Crippen MR) is 79.5 cm³/mol. The second-order valence-corrected chi connectivity index (χ2v) is 5.58. The summed E-state index contributed by atoms with van der Waals surface area (Å²) < 4.78 is 0. The fraction of sp³-hybridized carbons (Fsp3) is 0.600. The van der Waals surface area contributed by atoms with Gasteiger partial charge in [-0.25, -0.2) is 0 Å². The Bertz CT molecular complexity index is 416. The summed E-state index contributed by atoms with van der Waals surface area (Å²) >= 11 is 6.10. The van der Waals surface area contributed by atoms with Crippen molar-refractivity contribution in [2.45, 2.75) is 46.6 Å². The maximum atomic E-state index is 12.7. The molecule has 0 bridgehead atoms. The molecule has 0 atom stereocenters.